The van der Waals surface area contributed by atoms with Crippen molar-refractivity contribution in [2.45, 2.75) is 59.0 Å². The van der Waals surface area contributed by atoms with Crippen LogP contribution in [0.4, 0.5) is 0 Å². The Kier molecular flexibility index (Phi) is 4.98. The van der Waals surface area contributed by atoms with Crippen LogP contribution in [0.25, 0.3) is 0 Å². The van der Waals surface area contributed by atoms with Crippen molar-refractivity contribution in [2.75, 3.05) is 0 Å². The first kappa shape index (κ1) is 14.5. The number of nitrogens with zero attached hydrogens (tertiary/aromatic N) is 1. The van der Waals surface area contributed by atoms with Gasteiger partial charge in [-0.05, 0) is 55.2 Å². The highest BCUT2D eigenvalue weighted by molar-refractivity contribution is 5.14. The van der Waals surface area contributed by atoms with E-state index in [0.29, 0.717) is 12.1 Å². The van der Waals surface area contributed by atoms with E-state index < -0.39 is 0 Å². The second kappa shape index (κ2) is 6.51. The summed E-state index contributed by atoms with van der Waals surface area (Å²) in [6.45, 7) is 9.40. The summed E-state index contributed by atoms with van der Waals surface area (Å²) in [6, 6.07) is 5.31. The van der Waals surface area contributed by atoms with E-state index in [1.165, 1.54) is 24.8 Å². The maximum Gasteiger partial charge on any atom is 0.0295 e. The highest BCUT2D eigenvalue weighted by Crippen LogP contribution is 2.34. The van der Waals surface area contributed by atoms with Gasteiger partial charge in [0.15, 0.2) is 0 Å². The van der Waals surface area contributed by atoms with Crippen molar-refractivity contribution in [3.63, 3.8) is 0 Å². The van der Waals surface area contributed by atoms with Gasteiger partial charge in [0.25, 0.3) is 0 Å². The Morgan fingerprint density at radius 2 is 1.84 bits per heavy atom. The lowest BCUT2D eigenvalue weighted by molar-refractivity contribution is 0.161. The van der Waals surface area contributed by atoms with E-state index in [4.69, 9.17) is 0 Å². The fourth-order valence-corrected chi connectivity index (χ4v) is 3.46. The lowest BCUT2D eigenvalue weighted by Crippen LogP contribution is -2.43. The van der Waals surface area contributed by atoms with E-state index in [1.807, 2.05) is 12.4 Å². The van der Waals surface area contributed by atoms with E-state index in [0.717, 1.165) is 17.8 Å². The van der Waals surface area contributed by atoms with Gasteiger partial charge in [0, 0.05) is 24.5 Å². The third-order valence-electron chi connectivity index (χ3n) is 4.69. The maximum absolute atomic E-state index is 4.10. The fourth-order valence-electron chi connectivity index (χ4n) is 3.46. The quantitative estimate of drug-likeness (QED) is 0.878. The first-order valence-electron chi connectivity index (χ1n) is 7.74. The van der Waals surface area contributed by atoms with E-state index in [2.05, 4.69) is 50.1 Å². The Bertz CT molecular complexity index is 374. The number of aromatic nitrogens is 1. The van der Waals surface area contributed by atoms with Crippen molar-refractivity contribution < 1.29 is 0 Å². The minimum Gasteiger partial charge on any atom is -0.307 e. The van der Waals surface area contributed by atoms with E-state index in [9.17, 15) is 0 Å². The first-order valence-corrected chi connectivity index (χ1v) is 7.74. The normalized spacial score (nSPS) is 29.4. The summed E-state index contributed by atoms with van der Waals surface area (Å²) in [7, 11) is 0. The van der Waals surface area contributed by atoms with Crippen LogP contribution in [0.15, 0.2) is 24.5 Å². The SMILES string of the molecule is CC1CCC(C(C)C)C(NC(C)c2ccncc2)C1. The zero-order valence-corrected chi connectivity index (χ0v) is 12.8. The Balaban J connectivity index is 2.02. The van der Waals surface area contributed by atoms with E-state index in [1.54, 1.807) is 0 Å². The van der Waals surface area contributed by atoms with E-state index >= 15 is 0 Å². The van der Waals surface area contributed by atoms with Crippen molar-refractivity contribution in [1.29, 1.82) is 0 Å². The summed E-state index contributed by atoms with van der Waals surface area (Å²) in [5.41, 5.74) is 1.34. The Morgan fingerprint density at radius 1 is 1.16 bits per heavy atom. The molecule has 2 nitrogen and oxygen atoms in total. The molecule has 0 saturated heterocycles. The van der Waals surface area contributed by atoms with Gasteiger partial charge >= 0.3 is 0 Å². The molecule has 0 radical (unpaired) electrons. The number of pyridine rings is 1. The molecule has 1 fully saturated rings. The van der Waals surface area contributed by atoms with Crippen LogP contribution < -0.4 is 5.32 Å². The zero-order chi connectivity index (χ0) is 13.8. The molecule has 4 atom stereocenters. The molecule has 0 amide bonds. The molecule has 0 aromatic carbocycles. The average Bonchev–Trinajstić information content (AvgIpc) is 2.39. The van der Waals surface area contributed by atoms with E-state index in [-0.39, 0.29) is 0 Å². The largest absolute Gasteiger partial charge is 0.307 e. The molecule has 0 bridgehead atoms. The molecule has 1 heterocycles. The van der Waals surface area contributed by atoms with Crippen LogP contribution in [-0.2, 0) is 0 Å². The molecule has 1 saturated carbocycles. The topological polar surface area (TPSA) is 24.9 Å². The van der Waals surface area contributed by atoms with Crippen molar-refractivity contribution in [2.24, 2.45) is 17.8 Å². The molecule has 1 aliphatic carbocycles. The summed E-state index contributed by atoms with van der Waals surface area (Å²) < 4.78 is 0. The van der Waals surface area contributed by atoms with Gasteiger partial charge in [-0.2, -0.15) is 0 Å². The van der Waals surface area contributed by atoms with Crippen LogP contribution in [0.5, 0.6) is 0 Å². The van der Waals surface area contributed by atoms with Gasteiger partial charge in [-0.1, -0.05) is 27.2 Å². The molecule has 2 heteroatoms. The average molecular weight is 260 g/mol. The van der Waals surface area contributed by atoms with Crippen LogP contribution in [0.1, 0.15) is 58.6 Å². The molecular formula is C17H28N2. The lowest BCUT2D eigenvalue weighted by Gasteiger charge is -2.39. The van der Waals surface area contributed by atoms with Gasteiger partial charge < -0.3 is 5.32 Å². The minimum atomic E-state index is 0.416. The van der Waals surface area contributed by atoms with Crippen LogP contribution in [0.2, 0.25) is 0 Å². The second-order valence-corrected chi connectivity index (χ2v) is 6.60. The summed E-state index contributed by atoms with van der Waals surface area (Å²) in [5.74, 6) is 2.45. The zero-order valence-electron chi connectivity index (χ0n) is 12.8. The summed E-state index contributed by atoms with van der Waals surface area (Å²) >= 11 is 0. The standard InChI is InChI=1S/C17H28N2/c1-12(2)16-6-5-13(3)11-17(16)19-14(4)15-7-9-18-10-8-15/h7-10,12-14,16-17,19H,5-6,11H2,1-4H3. The third-order valence-corrected chi connectivity index (χ3v) is 4.69. The maximum atomic E-state index is 4.10. The number of rotatable bonds is 4. The van der Waals surface area contributed by atoms with Gasteiger partial charge in [0.05, 0.1) is 0 Å². The number of hydrogen-bond acceptors (Lipinski definition) is 2. The number of hydrogen-bond donors (Lipinski definition) is 1. The fraction of sp³-hybridized carbons (Fsp3) is 0.706. The Labute approximate surface area is 118 Å². The van der Waals surface area contributed by atoms with Gasteiger partial charge in [-0.3, -0.25) is 4.98 Å². The molecular weight excluding hydrogens is 232 g/mol. The third kappa shape index (κ3) is 3.79. The molecule has 0 aliphatic heterocycles. The summed E-state index contributed by atoms with van der Waals surface area (Å²) in [4.78, 5) is 4.10. The Hall–Kier alpha value is -0.890. The van der Waals surface area contributed by atoms with Crippen LogP contribution in [-0.4, -0.2) is 11.0 Å². The Morgan fingerprint density at radius 3 is 2.47 bits per heavy atom. The molecule has 1 N–H and O–H groups in total. The summed E-state index contributed by atoms with van der Waals surface area (Å²) in [5, 5.41) is 3.87. The van der Waals surface area contributed by atoms with Crippen molar-refractivity contribution in [1.82, 2.24) is 10.3 Å². The number of nitrogens with one attached hydrogen (secondary N) is 1. The predicted octanol–water partition coefficient (Wildman–Crippen LogP) is 4.19. The van der Waals surface area contributed by atoms with Crippen LogP contribution in [0.3, 0.4) is 0 Å². The molecule has 2 rings (SSSR count). The molecule has 106 valence electrons. The van der Waals surface area contributed by atoms with Gasteiger partial charge in [-0.25, -0.2) is 0 Å². The highest BCUT2D eigenvalue weighted by atomic mass is 15.0. The first-order chi connectivity index (χ1) is 9.08. The van der Waals surface area contributed by atoms with Crippen LogP contribution >= 0.6 is 0 Å². The van der Waals surface area contributed by atoms with Gasteiger partial charge in [0.1, 0.15) is 0 Å². The van der Waals surface area contributed by atoms with Crippen LogP contribution in [0, 0.1) is 17.8 Å². The second-order valence-electron chi connectivity index (χ2n) is 6.60. The lowest BCUT2D eigenvalue weighted by atomic mass is 9.73. The monoisotopic (exact) mass is 260 g/mol. The molecule has 1 aromatic heterocycles. The minimum absolute atomic E-state index is 0.416. The van der Waals surface area contributed by atoms with Crippen molar-refractivity contribution >= 4 is 0 Å². The highest BCUT2D eigenvalue weighted by Gasteiger charge is 2.31. The smallest absolute Gasteiger partial charge is 0.0295 e. The molecule has 4 unspecified atom stereocenters. The van der Waals surface area contributed by atoms with Crippen molar-refractivity contribution in [3.05, 3.63) is 30.1 Å². The van der Waals surface area contributed by atoms with Gasteiger partial charge in [-0.15, -0.1) is 0 Å². The summed E-state index contributed by atoms with van der Waals surface area (Å²) in [6.07, 6.45) is 7.86. The molecule has 1 aromatic rings. The predicted molar refractivity (Wildman–Crippen MR) is 80.9 cm³/mol. The molecule has 0 spiro atoms. The molecule has 1 aliphatic rings. The molecule has 19 heavy (non-hydrogen) atoms. The van der Waals surface area contributed by atoms with Gasteiger partial charge in [0.2, 0.25) is 0 Å². The van der Waals surface area contributed by atoms with Crippen molar-refractivity contribution in [3.8, 4) is 0 Å².